The summed E-state index contributed by atoms with van der Waals surface area (Å²) in [5, 5.41) is 7.65. The largest absolute Gasteiger partial charge is 1.00 e. The zero-order valence-electron chi connectivity index (χ0n) is 10.4. The van der Waals surface area contributed by atoms with Crippen molar-refractivity contribution in [2.45, 2.75) is 0 Å². The summed E-state index contributed by atoms with van der Waals surface area (Å²) in [6.07, 6.45) is 1.80. The Morgan fingerprint density at radius 2 is 2.25 bits per heavy atom. The quantitative estimate of drug-likeness (QED) is 0.712. The molecule has 1 N–H and O–H groups in total. The van der Waals surface area contributed by atoms with Gasteiger partial charge in [-0.1, -0.05) is 17.7 Å². The van der Waals surface area contributed by atoms with Crippen molar-refractivity contribution in [3.63, 3.8) is 0 Å². The van der Waals surface area contributed by atoms with Crippen LogP contribution < -0.4 is 22.3 Å². The minimum absolute atomic E-state index is 0. The molecule has 0 spiro atoms. The molecule has 0 fully saturated rings. The van der Waals surface area contributed by atoms with Crippen molar-refractivity contribution >= 4 is 39.0 Å². The number of thiazole rings is 1. The highest BCUT2D eigenvalue weighted by Crippen LogP contribution is 2.31. The number of anilines is 1. The molecule has 0 saturated carbocycles. The zero-order chi connectivity index (χ0) is 13.2. The van der Waals surface area contributed by atoms with Gasteiger partial charge in [-0.2, -0.15) is 0 Å². The first kappa shape index (κ1) is 15.1. The Bertz CT molecular complexity index is 738. The molecule has 0 aliphatic rings. The molecule has 0 saturated heterocycles. The van der Waals surface area contributed by atoms with Gasteiger partial charge in [-0.3, -0.25) is 0 Å². The summed E-state index contributed by atoms with van der Waals surface area (Å²) >= 11 is 7.50. The Kier molecular flexibility index (Phi) is 4.86. The van der Waals surface area contributed by atoms with Gasteiger partial charge in [0.25, 0.3) is 0 Å². The summed E-state index contributed by atoms with van der Waals surface area (Å²) in [6.45, 7) is 4.36. The molecule has 6 heteroatoms. The third-order valence-electron chi connectivity index (χ3n) is 2.63. The van der Waals surface area contributed by atoms with E-state index < -0.39 is 0 Å². The number of rotatable bonds is 4. The molecule has 104 valence electrons. The first-order chi connectivity index (χ1) is 9.26. The van der Waals surface area contributed by atoms with E-state index in [4.69, 9.17) is 16.0 Å². The van der Waals surface area contributed by atoms with Crippen molar-refractivity contribution in [1.82, 2.24) is 4.98 Å². The smallest absolute Gasteiger partial charge is 0.183 e. The van der Waals surface area contributed by atoms with Crippen molar-refractivity contribution in [2.75, 3.05) is 11.9 Å². The van der Waals surface area contributed by atoms with Gasteiger partial charge in [0.1, 0.15) is 11.3 Å². The fraction of sp³-hybridized carbons (Fsp3) is 0.0714. The first-order valence-electron chi connectivity index (χ1n) is 5.76. The number of furan rings is 1. The van der Waals surface area contributed by atoms with Gasteiger partial charge in [0, 0.05) is 22.3 Å². The van der Waals surface area contributed by atoms with Gasteiger partial charge in [-0.05, 0) is 24.3 Å². The van der Waals surface area contributed by atoms with Crippen LogP contribution in [0.25, 0.3) is 22.4 Å². The summed E-state index contributed by atoms with van der Waals surface area (Å²) in [6, 6.07) is 7.51. The molecule has 1 aromatic carbocycles. The lowest BCUT2D eigenvalue weighted by Gasteiger charge is -1.94. The molecule has 3 aromatic rings. The second-order valence-electron chi connectivity index (χ2n) is 4.00. The summed E-state index contributed by atoms with van der Waals surface area (Å²) in [5.41, 5.74) is 1.64. The highest BCUT2D eigenvalue weighted by atomic mass is 79.9. The van der Waals surface area contributed by atoms with Crippen LogP contribution in [0.5, 0.6) is 0 Å². The fourth-order valence-electron chi connectivity index (χ4n) is 1.77. The number of aromatic nitrogens is 1. The molecule has 2 aromatic heterocycles. The lowest BCUT2D eigenvalue weighted by atomic mass is 10.2. The Morgan fingerprint density at radius 3 is 3.05 bits per heavy atom. The SMILES string of the molecule is C=CCNc1nc(-c2cc3cc(Cl)ccc3o2)cs1.[Br-]. The van der Waals surface area contributed by atoms with E-state index in [1.165, 1.54) is 0 Å². The third-order valence-corrected chi connectivity index (χ3v) is 3.67. The lowest BCUT2D eigenvalue weighted by Crippen LogP contribution is -3.00. The second kappa shape index (κ2) is 6.43. The summed E-state index contributed by atoms with van der Waals surface area (Å²) < 4.78 is 5.76. The third kappa shape index (κ3) is 3.06. The van der Waals surface area contributed by atoms with Crippen LogP contribution in [-0.4, -0.2) is 11.5 Å². The average molecular weight is 371 g/mol. The number of hydrogen-bond donors (Lipinski definition) is 1. The molecule has 2 heterocycles. The number of benzene rings is 1. The Balaban J connectivity index is 0.00000147. The van der Waals surface area contributed by atoms with E-state index in [1.54, 1.807) is 17.4 Å². The Morgan fingerprint density at radius 1 is 1.40 bits per heavy atom. The van der Waals surface area contributed by atoms with Crippen molar-refractivity contribution in [3.05, 3.63) is 47.3 Å². The van der Waals surface area contributed by atoms with Gasteiger partial charge in [-0.15, -0.1) is 17.9 Å². The van der Waals surface area contributed by atoms with Crippen LogP contribution in [0.1, 0.15) is 0 Å². The van der Waals surface area contributed by atoms with E-state index in [1.807, 2.05) is 29.6 Å². The van der Waals surface area contributed by atoms with Gasteiger partial charge in [0.2, 0.25) is 0 Å². The van der Waals surface area contributed by atoms with Crippen LogP contribution >= 0.6 is 22.9 Å². The molecule has 0 unspecified atom stereocenters. The predicted molar refractivity (Wildman–Crippen MR) is 81.0 cm³/mol. The second-order valence-corrected chi connectivity index (χ2v) is 5.29. The van der Waals surface area contributed by atoms with Crippen molar-refractivity contribution in [1.29, 1.82) is 0 Å². The fourth-order valence-corrected chi connectivity index (χ4v) is 2.66. The van der Waals surface area contributed by atoms with Crippen LogP contribution in [0.3, 0.4) is 0 Å². The van der Waals surface area contributed by atoms with Crippen LogP contribution in [0.15, 0.2) is 46.7 Å². The minimum Gasteiger partial charge on any atom is -1.00 e. The van der Waals surface area contributed by atoms with Gasteiger partial charge in [0.15, 0.2) is 10.9 Å². The maximum Gasteiger partial charge on any atom is 0.183 e. The molecular formula is C14H11BrClN2OS-. The maximum atomic E-state index is 5.96. The van der Waals surface area contributed by atoms with E-state index >= 15 is 0 Å². The van der Waals surface area contributed by atoms with Gasteiger partial charge in [0.05, 0.1) is 0 Å². The van der Waals surface area contributed by atoms with Crippen LogP contribution in [0.2, 0.25) is 5.02 Å². The average Bonchev–Trinajstić information content (AvgIpc) is 3.01. The van der Waals surface area contributed by atoms with E-state index in [2.05, 4.69) is 16.9 Å². The Hall–Kier alpha value is -1.30. The molecule has 3 rings (SSSR count). The molecule has 3 nitrogen and oxygen atoms in total. The van der Waals surface area contributed by atoms with E-state index in [9.17, 15) is 0 Å². The monoisotopic (exact) mass is 369 g/mol. The number of fused-ring (bicyclic) bond motifs is 1. The van der Waals surface area contributed by atoms with E-state index in [-0.39, 0.29) is 17.0 Å². The summed E-state index contributed by atoms with van der Waals surface area (Å²) in [7, 11) is 0. The zero-order valence-corrected chi connectivity index (χ0v) is 13.6. The van der Waals surface area contributed by atoms with Crippen molar-refractivity contribution in [2.24, 2.45) is 0 Å². The van der Waals surface area contributed by atoms with Gasteiger partial charge < -0.3 is 26.7 Å². The van der Waals surface area contributed by atoms with Crippen molar-refractivity contribution in [3.8, 4) is 11.5 Å². The van der Waals surface area contributed by atoms with Crippen molar-refractivity contribution < 1.29 is 21.4 Å². The normalized spacial score (nSPS) is 10.2. The van der Waals surface area contributed by atoms with Crippen LogP contribution in [0, 0.1) is 0 Å². The van der Waals surface area contributed by atoms with E-state index in [0.717, 1.165) is 27.6 Å². The molecule has 0 bridgehead atoms. The maximum absolute atomic E-state index is 5.96. The highest BCUT2D eigenvalue weighted by Gasteiger charge is 2.10. The van der Waals surface area contributed by atoms with E-state index in [0.29, 0.717) is 11.6 Å². The molecule has 0 radical (unpaired) electrons. The summed E-state index contributed by atoms with van der Waals surface area (Å²) in [4.78, 5) is 4.47. The van der Waals surface area contributed by atoms with Gasteiger partial charge in [-0.25, -0.2) is 4.98 Å². The van der Waals surface area contributed by atoms with Gasteiger partial charge >= 0.3 is 0 Å². The predicted octanol–water partition coefficient (Wildman–Crippen LogP) is 1.81. The summed E-state index contributed by atoms with van der Waals surface area (Å²) in [5.74, 6) is 0.750. The Labute approximate surface area is 136 Å². The first-order valence-corrected chi connectivity index (χ1v) is 7.02. The minimum atomic E-state index is 0. The number of nitrogens with zero attached hydrogens (tertiary/aromatic N) is 1. The molecule has 0 atom stereocenters. The molecule has 0 amide bonds. The van der Waals surface area contributed by atoms with Crippen LogP contribution in [0.4, 0.5) is 5.13 Å². The number of halogens is 2. The lowest BCUT2D eigenvalue weighted by molar-refractivity contribution is -0.00000410. The molecule has 0 aliphatic carbocycles. The molecule has 20 heavy (non-hydrogen) atoms. The standard InChI is InChI=1S/C14H11ClN2OS.BrH/c1-2-5-16-14-17-11(8-19-14)13-7-9-6-10(15)3-4-12(9)18-13;/h2-4,6-8H,1,5H2,(H,16,17);1H/p-1. The molecular weight excluding hydrogens is 360 g/mol. The number of hydrogen-bond acceptors (Lipinski definition) is 4. The van der Waals surface area contributed by atoms with Crippen LogP contribution in [-0.2, 0) is 0 Å². The highest BCUT2D eigenvalue weighted by molar-refractivity contribution is 7.14. The molecule has 0 aliphatic heterocycles. The topological polar surface area (TPSA) is 38.1 Å². The number of nitrogens with one attached hydrogen (secondary N) is 1.